The number of para-hydroxylation sites is 1. The number of thiazole rings is 1. The quantitative estimate of drug-likeness (QED) is 0.0657. The van der Waals surface area contributed by atoms with Crippen LogP contribution in [0.15, 0.2) is 72.9 Å². The molecule has 2 aromatic carbocycles. The number of ether oxygens (including phenoxy) is 1. The van der Waals surface area contributed by atoms with Crippen molar-refractivity contribution in [3.8, 4) is 11.1 Å². The molecule has 4 aliphatic rings. The highest BCUT2D eigenvalue weighted by Gasteiger charge is 2.58. The van der Waals surface area contributed by atoms with Crippen molar-refractivity contribution < 1.29 is 46.8 Å². The number of fused-ring (bicyclic) bond motifs is 4. The van der Waals surface area contributed by atoms with Crippen LogP contribution >= 0.6 is 11.3 Å². The molecule has 2 fully saturated rings. The first-order chi connectivity index (χ1) is 33.9. The fourth-order valence-corrected chi connectivity index (χ4v) is 14.4. The molecule has 3 N–H and O–H groups in total. The van der Waals surface area contributed by atoms with Crippen LogP contribution in [-0.4, -0.2) is 121 Å². The van der Waals surface area contributed by atoms with Crippen molar-refractivity contribution >= 4 is 72.2 Å². The second-order valence-electron chi connectivity index (χ2n) is 21.6. The number of carbonyl (C=O) groups excluding carboxylic acids is 4. The van der Waals surface area contributed by atoms with Gasteiger partial charge in [-0.2, -0.15) is 13.5 Å². The van der Waals surface area contributed by atoms with E-state index >= 15 is 0 Å². The lowest BCUT2D eigenvalue weighted by Crippen LogP contribution is -2.57. The first kappa shape index (κ1) is 50.6. The Morgan fingerprint density at radius 1 is 0.931 bits per heavy atom. The lowest BCUT2D eigenvalue weighted by Gasteiger charge is -2.61. The summed E-state index contributed by atoms with van der Waals surface area (Å²) in [4.78, 5) is 77.7. The van der Waals surface area contributed by atoms with Gasteiger partial charge in [0.25, 0.3) is 27.8 Å². The number of aromatic carboxylic acids is 1. The second kappa shape index (κ2) is 18.9. The van der Waals surface area contributed by atoms with Crippen LogP contribution in [-0.2, 0) is 48.7 Å². The molecule has 20 heteroatoms. The van der Waals surface area contributed by atoms with E-state index in [0.29, 0.717) is 60.1 Å². The molecule has 4 atom stereocenters. The minimum absolute atomic E-state index is 0.0268. The van der Waals surface area contributed by atoms with Crippen LogP contribution in [0.3, 0.4) is 0 Å². The standard InChI is InChI=1S/C52H60N8O10S2/c1-32-36(34-14-15-41(55-44(34)47(65)66)58-20-18-33-10-9-11-35(37(33)25-58)45(63)56-48-54-38-12-7-8-13-39(38)71-48)24-53-60(32)31-51(5)28-50(4)26-49(2,3)27-52(29-50,30-51)70-23-22-57(6)46(64)40(72(67,68)69)19-21-59-42(61)16-17-43(59)62/h7-17,24,40H,18-23,25-31H2,1-6H3,(H,65,66)(H,54,56,63)(H,67,68,69). The molecule has 0 spiro atoms. The van der Waals surface area contributed by atoms with Gasteiger partial charge in [-0.1, -0.05) is 63.3 Å². The van der Waals surface area contributed by atoms with Crippen LogP contribution in [0.2, 0.25) is 0 Å². The fourth-order valence-electron chi connectivity index (χ4n) is 12.7. The summed E-state index contributed by atoms with van der Waals surface area (Å²) in [5.74, 6) is -3.08. The molecule has 2 aliphatic heterocycles. The molecule has 2 bridgehead atoms. The molecule has 0 saturated heterocycles. The van der Waals surface area contributed by atoms with E-state index in [-0.39, 0.29) is 47.5 Å². The molecule has 2 saturated carbocycles. The predicted octanol–water partition coefficient (Wildman–Crippen LogP) is 7.18. The molecule has 0 radical (unpaired) electrons. The Labute approximate surface area is 422 Å². The Morgan fingerprint density at radius 3 is 2.40 bits per heavy atom. The highest BCUT2D eigenvalue weighted by Crippen LogP contribution is 2.63. The smallest absolute Gasteiger partial charge is 0.355 e. The number of anilines is 2. The fraction of sp³-hybridized carbons (Fsp3) is 0.462. The van der Waals surface area contributed by atoms with Crippen molar-refractivity contribution in [2.45, 2.75) is 104 Å². The average molecular weight is 1020 g/mol. The number of carboxylic acids is 1. The number of nitrogens with zero attached hydrogens (tertiary/aromatic N) is 7. The van der Waals surface area contributed by atoms with Gasteiger partial charge in [-0.15, -0.1) is 0 Å². The zero-order valence-corrected chi connectivity index (χ0v) is 42.9. The van der Waals surface area contributed by atoms with E-state index in [1.165, 1.54) is 23.3 Å². The topological polar surface area (TPSA) is 235 Å². The van der Waals surface area contributed by atoms with E-state index in [2.05, 4.69) is 38.0 Å². The second-order valence-corrected chi connectivity index (χ2v) is 24.3. The molecule has 9 rings (SSSR count). The average Bonchev–Trinajstić information content (AvgIpc) is 3.98. The van der Waals surface area contributed by atoms with Gasteiger partial charge < -0.3 is 19.6 Å². The third-order valence-electron chi connectivity index (χ3n) is 14.8. The summed E-state index contributed by atoms with van der Waals surface area (Å²) in [5, 5.41) is 17.1. The molecule has 380 valence electrons. The maximum atomic E-state index is 13.7. The largest absolute Gasteiger partial charge is 0.476 e. The van der Waals surface area contributed by atoms with Crippen LogP contribution in [0, 0.1) is 23.2 Å². The van der Waals surface area contributed by atoms with Gasteiger partial charge >= 0.3 is 5.97 Å². The Balaban J connectivity index is 0.893. The van der Waals surface area contributed by atoms with Crippen molar-refractivity contribution in [3.63, 3.8) is 0 Å². The summed E-state index contributed by atoms with van der Waals surface area (Å²) in [7, 11) is -3.44. The number of imide groups is 1. The normalized spacial score (nSPS) is 23.0. The van der Waals surface area contributed by atoms with Gasteiger partial charge in [0, 0.05) is 74.3 Å². The Morgan fingerprint density at radius 2 is 1.68 bits per heavy atom. The first-order valence-electron chi connectivity index (χ1n) is 24.1. The summed E-state index contributed by atoms with van der Waals surface area (Å²) >= 11 is 1.41. The Kier molecular flexibility index (Phi) is 13.3. The summed E-state index contributed by atoms with van der Waals surface area (Å²) in [6, 6.07) is 17.0. The van der Waals surface area contributed by atoms with Crippen LogP contribution in [0.25, 0.3) is 21.3 Å². The van der Waals surface area contributed by atoms with Crippen molar-refractivity contribution in [1.82, 2.24) is 29.5 Å². The van der Waals surface area contributed by atoms with Crippen molar-refractivity contribution in [3.05, 3.63) is 101 Å². The third kappa shape index (κ3) is 10.3. The maximum Gasteiger partial charge on any atom is 0.355 e. The summed E-state index contributed by atoms with van der Waals surface area (Å²) in [6.07, 6.45) is 8.00. The SMILES string of the molecule is Cc1c(-c2ccc(N3CCc4cccc(C(=O)Nc5nc6ccccc6s5)c4C3)nc2C(=O)O)cnn1CC1(C)CC2(C)CC(C)(C)CC(OCCN(C)C(=O)C(CCN3C(=O)C=CC3=O)S(=O)(=O)O)(C1)C2. The number of hydrogen-bond acceptors (Lipinski definition) is 13. The number of pyridine rings is 1. The number of nitrogens with one attached hydrogen (secondary N) is 1. The third-order valence-corrected chi connectivity index (χ3v) is 16.9. The highest BCUT2D eigenvalue weighted by atomic mass is 32.2. The van der Waals surface area contributed by atoms with E-state index in [4.69, 9.17) is 14.8 Å². The Bertz CT molecular complexity index is 3110. The van der Waals surface area contributed by atoms with Gasteiger partial charge in [0.05, 0.1) is 28.6 Å². The van der Waals surface area contributed by atoms with Crippen LogP contribution in [0.4, 0.5) is 10.9 Å². The summed E-state index contributed by atoms with van der Waals surface area (Å²) in [5.41, 5.74) is 3.85. The van der Waals surface area contributed by atoms with E-state index < -0.39 is 51.1 Å². The number of carboxylic acid groups (broad SMARTS) is 1. The zero-order valence-electron chi connectivity index (χ0n) is 41.3. The van der Waals surface area contributed by atoms with Crippen LogP contribution in [0.5, 0.6) is 0 Å². The lowest BCUT2D eigenvalue weighted by atomic mass is 9.48. The minimum Gasteiger partial charge on any atom is -0.476 e. The number of hydrogen-bond donors (Lipinski definition) is 3. The summed E-state index contributed by atoms with van der Waals surface area (Å²) in [6.45, 7) is 12.1. The number of benzene rings is 2. The molecule has 5 heterocycles. The molecule has 2 aliphatic carbocycles. The van der Waals surface area contributed by atoms with Gasteiger partial charge in [0.2, 0.25) is 5.91 Å². The number of carbonyl (C=O) groups is 5. The monoisotopic (exact) mass is 1020 g/mol. The highest BCUT2D eigenvalue weighted by molar-refractivity contribution is 7.87. The number of rotatable bonds is 16. The lowest BCUT2D eigenvalue weighted by molar-refractivity contribution is -0.195. The van der Waals surface area contributed by atoms with Gasteiger partial charge in [-0.25, -0.2) is 14.8 Å². The van der Waals surface area contributed by atoms with Crippen molar-refractivity contribution in [2.75, 3.05) is 43.5 Å². The molecule has 4 amide bonds. The van der Waals surface area contributed by atoms with Crippen LogP contribution < -0.4 is 10.2 Å². The minimum atomic E-state index is -4.88. The molecule has 4 unspecified atom stereocenters. The predicted molar refractivity (Wildman–Crippen MR) is 271 cm³/mol. The summed E-state index contributed by atoms with van der Waals surface area (Å²) < 4.78 is 44.6. The van der Waals surface area contributed by atoms with E-state index in [9.17, 15) is 42.0 Å². The molecule has 72 heavy (non-hydrogen) atoms. The number of aromatic nitrogens is 4. The van der Waals surface area contributed by atoms with Crippen molar-refractivity contribution in [1.29, 1.82) is 0 Å². The number of amides is 4. The maximum absolute atomic E-state index is 13.7. The van der Waals surface area contributed by atoms with Gasteiger partial charge in [0.1, 0.15) is 5.82 Å². The van der Waals surface area contributed by atoms with E-state index in [0.717, 1.165) is 69.8 Å². The molecular formula is C52H60N8O10S2. The van der Waals surface area contributed by atoms with E-state index in [1.54, 1.807) is 18.3 Å². The molecule has 3 aromatic heterocycles. The first-order valence-corrected chi connectivity index (χ1v) is 26.4. The number of likely N-dealkylation sites (N-methyl/N-ethyl adjacent to an activating group) is 1. The van der Waals surface area contributed by atoms with Gasteiger partial charge in [-0.3, -0.25) is 38.6 Å². The molecule has 18 nitrogen and oxygen atoms in total. The Hall–Kier alpha value is -6.35. The molecule has 5 aromatic rings. The van der Waals surface area contributed by atoms with Crippen LogP contribution in [0.1, 0.15) is 104 Å². The zero-order chi connectivity index (χ0) is 51.5. The molecular weight excluding hydrogens is 961 g/mol. The van der Waals surface area contributed by atoms with Crippen molar-refractivity contribution in [2.24, 2.45) is 16.2 Å². The van der Waals surface area contributed by atoms with Gasteiger partial charge in [-0.05, 0) is 110 Å². The van der Waals surface area contributed by atoms with E-state index in [1.807, 2.05) is 59.0 Å². The van der Waals surface area contributed by atoms with Gasteiger partial charge in [0.15, 0.2) is 16.1 Å².